The van der Waals surface area contributed by atoms with Gasteiger partial charge in [-0.15, -0.1) is 0 Å². The molecule has 146 valence electrons. The molecule has 3 aromatic rings. The van der Waals surface area contributed by atoms with Crippen LogP contribution in [-0.2, 0) is 9.84 Å². The molecular weight excluding hydrogens is 376 g/mol. The van der Waals surface area contributed by atoms with E-state index in [9.17, 15) is 13.2 Å². The molecule has 28 heavy (non-hydrogen) atoms. The zero-order valence-electron chi connectivity index (χ0n) is 16.2. The van der Waals surface area contributed by atoms with Crippen molar-refractivity contribution < 1.29 is 17.9 Å². The number of ether oxygens (including phenoxy) is 1. The highest BCUT2D eigenvalue weighted by molar-refractivity contribution is 7.90. The van der Waals surface area contributed by atoms with Gasteiger partial charge in [-0.3, -0.25) is 9.78 Å². The maximum Gasteiger partial charge on any atom is 0.253 e. The van der Waals surface area contributed by atoms with E-state index in [2.05, 4.69) is 10.3 Å². The number of hydrogen-bond acceptors (Lipinski definition) is 5. The fraction of sp³-hybridized carbons (Fsp3) is 0.238. The summed E-state index contributed by atoms with van der Waals surface area (Å²) >= 11 is 0. The highest BCUT2D eigenvalue weighted by Crippen LogP contribution is 2.23. The van der Waals surface area contributed by atoms with E-state index in [0.717, 1.165) is 22.7 Å². The van der Waals surface area contributed by atoms with E-state index in [0.29, 0.717) is 17.0 Å². The van der Waals surface area contributed by atoms with E-state index in [4.69, 9.17) is 4.74 Å². The largest absolute Gasteiger partial charge is 0.497 e. The molecular formula is C21H22N2O4S. The third-order valence-corrected chi connectivity index (χ3v) is 5.74. The second-order valence-corrected chi connectivity index (χ2v) is 8.73. The van der Waals surface area contributed by atoms with Gasteiger partial charge in [-0.05, 0) is 49.7 Å². The number of aryl methyl sites for hydroxylation is 1. The maximum absolute atomic E-state index is 12.8. The number of nitrogens with zero attached hydrogens (tertiary/aromatic N) is 1. The molecule has 1 unspecified atom stereocenters. The van der Waals surface area contributed by atoms with Crippen LogP contribution in [0.5, 0.6) is 5.75 Å². The first-order valence-corrected chi connectivity index (χ1v) is 10.6. The summed E-state index contributed by atoms with van der Waals surface area (Å²) in [6.07, 6.45) is 1.16. The number of hydrogen-bond donors (Lipinski definition) is 1. The fourth-order valence-electron chi connectivity index (χ4n) is 2.96. The van der Waals surface area contributed by atoms with Gasteiger partial charge in [0.25, 0.3) is 5.91 Å². The number of pyridine rings is 1. The van der Waals surface area contributed by atoms with Crippen molar-refractivity contribution in [3.8, 4) is 5.75 Å². The summed E-state index contributed by atoms with van der Waals surface area (Å²) in [5, 5.41) is 3.79. The number of carbonyl (C=O) groups excluding carboxylic acids is 1. The number of methoxy groups -OCH3 is 1. The average molecular weight is 398 g/mol. The van der Waals surface area contributed by atoms with Crippen molar-refractivity contribution in [1.82, 2.24) is 10.3 Å². The first-order valence-electron chi connectivity index (χ1n) is 8.75. The van der Waals surface area contributed by atoms with Crippen LogP contribution < -0.4 is 10.1 Å². The van der Waals surface area contributed by atoms with E-state index in [1.807, 2.05) is 31.2 Å². The number of amides is 1. The van der Waals surface area contributed by atoms with E-state index < -0.39 is 9.84 Å². The highest BCUT2D eigenvalue weighted by Gasteiger charge is 2.16. The molecule has 1 amide bonds. The zero-order chi connectivity index (χ0) is 20.5. The van der Waals surface area contributed by atoms with Crippen LogP contribution in [0.25, 0.3) is 10.9 Å². The Labute approximate surface area is 164 Å². The fourth-order valence-corrected chi connectivity index (χ4v) is 3.59. The number of sulfone groups is 1. The minimum absolute atomic E-state index is 0.234. The van der Waals surface area contributed by atoms with E-state index >= 15 is 0 Å². The van der Waals surface area contributed by atoms with E-state index in [-0.39, 0.29) is 16.8 Å². The molecule has 1 atom stereocenters. The molecule has 0 bridgehead atoms. The lowest BCUT2D eigenvalue weighted by Crippen LogP contribution is -2.27. The van der Waals surface area contributed by atoms with Crippen molar-refractivity contribution >= 4 is 26.6 Å². The smallest absolute Gasteiger partial charge is 0.253 e. The van der Waals surface area contributed by atoms with Crippen molar-refractivity contribution in [3.05, 3.63) is 65.4 Å². The summed E-state index contributed by atoms with van der Waals surface area (Å²) in [5.74, 6) is 0.477. The van der Waals surface area contributed by atoms with Crippen molar-refractivity contribution in [2.24, 2.45) is 0 Å². The lowest BCUT2D eigenvalue weighted by molar-refractivity contribution is 0.0939. The van der Waals surface area contributed by atoms with Gasteiger partial charge >= 0.3 is 0 Å². The second kappa shape index (κ2) is 7.59. The molecule has 1 aromatic heterocycles. The molecule has 3 rings (SSSR count). The van der Waals surface area contributed by atoms with Crippen LogP contribution in [0.15, 0.2) is 53.4 Å². The molecule has 1 N–H and O–H groups in total. The average Bonchev–Trinajstić information content (AvgIpc) is 2.66. The van der Waals surface area contributed by atoms with Crippen molar-refractivity contribution in [2.45, 2.75) is 24.8 Å². The van der Waals surface area contributed by atoms with E-state index in [1.165, 1.54) is 0 Å². The van der Waals surface area contributed by atoms with Gasteiger partial charge in [0.1, 0.15) is 5.75 Å². The number of fused-ring (bicyclic) bond motifs is 1. The minimum atomic E-state index is -3.25. The molecule has 6 nitrogen and oxygen atoms in total. The summed E-state index contributed by atoms with van der Waals surface area (Å²) in [5.41, 5.74) is 2.70. The van der Waals surface area contributed by atoms with Gasteiger partial charge in [0.2, 0.25) is 0 Å². The Morgan fingerprint density at radius 3 is 2.39 bits per heavy atom. The molecule has 0 saturated heterocycles. The topological polar surface area (TPSA) is 85.4 Å². The highest BCUT2D eigenvalue weighted by atomic mass is 32.2. The minimum Gasteiger partial charge on any atom is -0.497 e. The van der Waals surface area contributed by atoms with Gasteiger partial charge in [0.15, 0.2) is 9.84 Å². The Hall–Kier alpha value is -2.93. The Bertz CT molecular complexity index is 1140. The van der Waals surface area contributed by atoms with Crippen LogP contribution in [0.4, 0.5) is 0 Å². The molecule has 0 spiro atoms. The molecule has 0 saturated carbocycles. The molecule has 0 aliphatic carbocycles. The zero-order valence-corrected chi connectivity index (χ0v) is 17.0. The van der Waals surface area contributed by atoms with Crippen LogP contribution >= 0.6 is 0 Å². The Balaban J connectivity index is 1.83. The molecule has 7 heteroatoms. The predicted molar refractivity (Wildman–Crippen MR) is 108 cm³/mol. The lowest BCUT2D eigenvalue weighted by atomic mass is 10.1. The van der Waals surface area contributed by atoms with Crippen LogP contribution in [-0.4, -0.2) is 32.7 Å². The summed E-state index contributed by atoms with van der Waals surface area (Å²) in [7, 11) is -1.65. The summed E-state index contributed by atoms with van der Waals surface area (Å²) < 4.78 is 28.4. The first-order chi connectivity index (χ1) is 13.2. The van der Waals surface area contributed by atoms with Crippen LogP contribution in [0, 0.1) is 6.92 Å². The van der Waals surface area contributed by atoms with Gasteiger partial charge in [-0.2, -0.15) is 0 Å². The molecule has 0 fully saturated rings. The van der Waals surface area contributed by atoms with Gasteiger partial charge in [-0.1, -0.05) is 12.1 Å². The number of benzene rings is 2. The van der Waals surface area contributed by atoms with Gasteiger partial charge in [0.05, 0.1) is 34.8 Å². The maximum atomic E-state index is 12.8. The van der Waals surface area contributed by atoms with Gasteiger partial charge in [0, 0.05) is 17.7 Å². The SMILES string of the molecule is COc1ccc2cc(C(=O)NC(C)c3ccc(S(C)(=O)=O)cc3)c(C)nc2c1. The van der Waals surface area contributed by atoms with Crippen LogP contribution in [0.1, 0.15) is 34.6 Å². The third kappa shape index (κ3) is 4.14. The van der Waals surface area contributed by atoms with Gasteiger partial charge in [-0.25, -0.2) is 8.42 Å². The first kappa shape index (κ1) is 19.8. The predicted octanol–water partition coefficient (Wildman–Crippen LogP) is 3.45. The monoisotopic (exact) mass is 398 g/mol. The van der Waals surface area contributed by atoms with Crippen LogP contribution in [0.2, 0.25) is 0 Å². The van der Waals surface area contributed by atoms with Gasteiger partial charge < -0.3 is 10.1 Å². The number of rotatable bonds is 5. The Kier molecular flexibility index (Phi) is 5.38. The summed E-state index contributed by atoms with van der Waals surface area (Å²) in [4.78, 5) is 17.5. The number of aromatic nitrogens is 1. The standard InChI is InChI=1S/C21H22N2O4S/c1-13(15-6-9-18(10-7-15)28(4,25)26)23-21(24)19-11-16-5-8-17(27-3)12-20(16)22-14(19)2/h5-13H,1-4H3,(H,23,24). The molecule has 2 aromatic carbocycles. The lowest BCUT2D eigenvalue weighted by Gasteiger charge is -2.16. The van der Waals surface area contributed by atoms with Crippen molar-refractivity contribution in [2.75, 3.05) is 13.4 Å². The normalized spacial score (nSPS) is 12.6. The third-order valence-electron chi connectivity index (χ3n) is 4.62. The molecule has 0 aliphatic rings. The van der Waals surface area contributed by atoms with Crippen LogP contribution in [0.3, 0.4) is 0 Å². The van der Waals surface area contributed by atoms with E-state index in [1.54, 1.807) is 38.3 Å². The Morgan fingerprint density at radius 1 is 1.11 bits per heavy atom. The summed E-state index contributed by atoms with van der Waals surface area (Å²) in [6, 6.07) is 13.6. The summed E-state index contributed by atoms with van der Waals surface area (Å²) in [6.45, 7) is 3.64. The molecule has 0 radical (unpaired) electrons. The van der Waals surface area contributed by atoms with Crippen molar-refractivity contribution in [1.29, 1.82) is 0 Å². The number of carbonyl (C=O) groups is 1. The Morgan fingerprint density at radius 2 is 1.79 bits per heavy atom. The molecule has 1 heterocycles. The quantitative estimate of drug-likeness (QED) is 0.711. The molecule has 0 aliphatic heterocycles. The number of nitrogens with one attached hydrogen (secondary N) is 1. The van der Waals surface area contributed by atoms with Crippen molar-refractivity contribution in [3.63, 3.8) is 0 Å². The second-order valence-electron chi connectivity index (χ2n) is 6.72.